The van der Waals surface area contributed by atoms with Gasteiger partial charge >= 0.3 is 0 Å². The summed E-state index contributed by atoms with van der Waals surface area (Å²) >= 11 is 0. The van der Waals surface area contributed by atoms with Crippen molar-refractivity contribution in [2.75, 3.05) is 13.1 Å². The first kappa shape index (κ1) is 9.87. The van der Waals surface area contributed by atoms with Crippen molar-refractivity contribution < 1.29 is 4.21 Å². The largest absolute Gasteiger partial charge is 0.314 e. The van der Waals surface area contributed by atoms with E-state index in [0.29, 0.717) is 5.25 Å². The fourth-order valence-corrected chi connectivity index (χ4v) is 3.10. The van der Waals surface area contributed by atoms with Crippen molar-refractivity contribution in [1.82, 2.24) is 5.32 Å². The highest BCUT2D eigenvalue weighted by Gasteiger charge is 2.25. The van der Waals surface area contributed by atoms with Crippen LogP contribution in [0.3, 0.4) is 0 Å². The molecule has 2 nitrogen and oxygen atoms in total. The van der Waals surface area contributed by atoms with Crippen molar-refractivity contribution in [1.29, 1.82) is 0 Å². The van der Waals surface area contributed by atoms with Gasteiger partial charge in [-0.25, -0.2) is 0 Å². The third-order valence-corrected chi connectivity index (χ3v) is 4.42. The Kier molecular flexibility index (Phi) is 2.70. The van der Waals surface area contributed by atoms with Gasteiger partial charge in [0.15, 0.2) is 0 Å². The first-order valence-corrected chi connectivity index (χ1v) is 6.08. The molecule has 2 rings (SSSR count). The third-order valence-electron chi connectivity index (χ3n) is 2.61. The Bertz CT molecular complexity index is 372. The smallest absolute Gasteiger partial charge is 0.0643 e. The van der Waals surface area contributed by atoms with Gasteiger partial charge < -0.3 is 5.32 Å². The van der Waals surface area contributed by atoms with Gasteiger partial charge in [-0.3, -0.25) is 4.21 Å². The van der Waals surface area contributed by atoms with E-state index in [1.54, 1.807) is 0 Å². The third kappa shape index (κ3) is 1.74. The van der Waals surface area contributed by atoms with Crippen LogP contribution in [0.2, 0.25) is 0 Å². The Morgan fingerprint density at radius 2 is 2.07 bits per heavy atom. The lowest BCUT2D eigenvalue weighted by atomic mass is 10.2. The molecule has 3 heteroatoms. The average Bonchev–Trinajstić information content (AvgIpc) is 2.06. The summed E-state index contributed by atoms with van der Waals surface area (Å²) in [4.78, 5) is 1.01. The van der Waals surface area contributed by atoms with Crippen LogP contribution >= 0.6 is 0 Å². The maximum absolute atomic E-state index is 12.1. The molecule has 0 bridgehead atoms. The predicted molar refractivity (Wildman–Crippen MR) is 59.0 cm³/mol. The Labute approximate surface area is 87.2 Å². The summed E-state index contributed by atoms with van der Waals surface area (Å²) < 4.78 is 12.1. The van der Waals surface area contributed by atoms with E-state index >= 15 is 0 Å². The predicted octanol–water partition coefficient (Wildman–Crippen LogP) is 1.38. The van der Waals surface area contributed by atoms with Gasteiger partial charge in [0.1, 0.15) is 0 Å². The number of benzene rings is 1. The lowest BCUT2D eigenvalue weighted by Crippen LogP contribution is -2.49. The van der Waals surface area contributed by atoms with E-state index in [2.05, 4.69) is 17.4 Å². The van der Waals surface area contributed by atoms with Crippen LogP contribution in [-0.4, -0.2) is 22.5 Å². The maximum Gasteiger partial charge on any atom is 0.0643 e. The maximum atomic E-state index is 12.1. The average molecular weight is 209 g/mol. The highest BCUT2D eigenvalue weighted by Crippen LogP contribution is 2.19. The monoisotopic (exact) mass is 209 g/mol. The highest BCUT2D eigenvalue weighted by molar-refractivity contribution is 7.85. The van der Waals surface area contributed by atoms with Crippen LogP contribution in [0.15, 0.2) is 23.1 Å². The molecule has 1 unspecified atom stereocenters. The van der Waals surface area contributed by atoms with E-state index in [-0.39, 0.29) is 0 Å². The molecule has 1 atom stereocenters. The van der Waals surface area contributed by atoms with Crippen LogP contribution in [0.1, 0.15) is 11.1 Å². The molecule has 0 amide bonds. The molecule has 1 aliphatic heterocycles. The van der Waals surface area contributed by atoms with Crippen molar-refractivity contribution >= 4 is 10.8 Å². The molecule has 14 heavy (non-hydrogen) atoms. The van der Waals surface area contributed by atoms with Crippen LogP contribution in [-0.2, 0) is 10.8 Å². The molecule has 76 valence electrons. The second-order valence-electron chi connectivity index (χ2n) is 3.85. The van der Waals surface area contributed by atoms with Crippen molar-refractivity contribution in [3.05, 3.63) is 29.3 Å². The summed E-state index contributed by atoms with van der Waals surface area (Å²) in [6.45, 7) is 5.85. The summed E-state index contributed by atoms with van der Waals surface area (Å²) in [6.07, 6.45) is 0. The molecule has 1 saturated heterocycles. The summed E-state index contributed by atoms with van der Waals surface area (Å²) in [5.74, 6) is 0. The zero-order valence-electron chi connectivity index (χ0n) is 8.54. The van der Waals surface area contributed by atoms with Crippen LogP contribution in [0.5, 0.6) is 0 Å². The molecular formula is C11H15NOS. The fraction of sp³-hybridized carbons (Fsp3) is 0.455. The summed E-state index contributed by atoms with van der Waals surface area (Å²) in [7, 11) is -0.826. The molecule has 0 radical (unpaired) electrons. The van der Waals surface area contributed by atoms with Crippen LogP contribution in [0.4, 0.5) is 0 Å². The van der Waals surface area contributed by atoms with Crippen molar-refractivity contribution in [3.8, 4) is 0 Å². The normalized spacial score (nSPS) is 19.0. The minimum Gasteiger partial charge on any atom is -0.314 e. The SMILES string of the molecule is Cc1ccc(C)c(S(=O)C2CNC2)c1. The topological polar surface area (TPSA) is 29.1 Å². The molecule has 0 spiro atoms. The van der Waals surface area contributed by atoms with Crippen LogP contribution in [0, 0.1) is 13.8 Å². The van der Waals surface area contributed by atoms with Crippen LogP contribution in [0.25, 0.3) is 0 Å². The number of nitrogens with one attached hydrogen (secondary N) is 1. The Balaban J connectivity index is 2.29. The molecule has 0 aromatic heterocycles. The van der Waals surface area contributed by atoms with E-state index < -0.39 is 10.8 Å². The lowest BCUT2D eigenvalue weighted by Gasteiger charge is -2.26. The van der Waals surface area contributed by atoms with E-state index in [4.69, 9.17) is 0 Å². The molecule has 1 aromatic carbocycles. The van der Waals surface area contributed by atoms with E-state index in [9.17, 15) is 4.21 Å². The lowest BCUT2D eigenvalue weighted by molar-refractivity contribution is 0.526. The Morgan fingerprint density at radius 1 is 1.36 bits per heavy atom. The minimum atomic E-state index is -0.826. The zero-order chi connectivity index (χ0) is 10.1. The second kappa shape index (κ2) is 3.83. The van der Waals surface area contributed by atoms with Crippen molar-refractivity contribution in [2.24, 2.45) is 0 Å². The minimum absolute atomic E-state index is 0.315. The zero-order valence-corrected chi connectivity index (χ0v) is 9.36. The number of rotatable bonds is 2. The fourth-order valence-electron chi connectivity index (χ4n) is 1.52. The van der Waals surface area contributed by atoms with E-state index in [1.807, 2.05) is 19.9 Å². The summed E-state index contributed by atoms with van der Waals surface area (Å²) in [5.41, 5.74) is 2.33. The summed E-state index contributed by atoms with van der Waals surface area (Å²) in [6, 6.07) is 6.16. The molecule has 1 aliphatic rings. The Hall–Kier alpha value is -0.670. The van der Waals surface area contributed by atoms with E-state index in [1.165, 1.54) is 5.56 Å². The van der Waals surface area contributed by atoms with Gasteiger partial charge in [0, 0.05) is 18.0 Å². The quantitative estimate of drug-likeness (QED) is 0.797. The van der Waals surface area contributed by atoms with Gasteiger partial charge in [-0.05, 0) is 31.0 Å². The van der Waals surface area contributed by atoms with Gasteiger partial charge in [-0.1, -0.05) is 12.1 Å². The first-order valence-electron chi connectivity index (χ1n) is 4.87. The molecular weight excluding hydrogens is 194 g/mol. The van der Waals surface area contributed by atoms with E-state index in [0.717, 1.165) is 23.5 Å². The van der Waals surface area contributed by atoms with Gasteiger partial charge in [-0.15, -0.1) is 0 Å². The molecule has 1 aromatic rings. The standard InChI is InChI=1S/C11H15NOS/c1-8-3-4-9(2)11(5-8)14(13)10-6-12-7-10/h3-5,10,12H,6-7H2,1-2H3. The van der Waals surface area contributed by atoms with Crippen molar-refractivity contribution in [2.45, 2.75) is 24.0 Å². The van der Waals surface area contributed by atoms with Gasteiger partial charge in [-0.2, -0.15) is 0 Å². The van der Waals surface area contributed by atoms with Crippen LogP contribution < -0.4 is 5.32 Å². The number of hydrogen-bond donors (Lipinski definition) is 1. The second-order valence-corrected chi connectivity index (χ2v) is 5.55. The van der Waals surface area contributed by atoms with Gasteiger partial charge in [0.05, 0.1) is 16.0 Å². The molecule has 0 aliphatic carbocycles. The molecule has 0 saturated carbocycles. The van der Waals surface area contributed by atoms with Crippen molar-refractivity contribution in [3.63, 3.8) is 0 Å². The number of aryl methyl sites for hydroxylation is 2. The first-order chi connectivity index (χ1) is 6.68. The number of hydrogen-bond acceptors (Lipinski definition) is 2. The Morgan fingerprint density at radius 3 is 2.64 bits per heavy atom. The van der Waals surface area contributed by atoms with Gasteiger partial charge in [0.25, 0.3) is 0 Å². The highest BCUT2D eigenvalue weighted by atomic mass is 32.2. The summed E-state index contributed by atoms with van der Waals surface area (Å²) in [5, 5.41) is 3.47. The molecule has 1 fully saturated rings. The molecule has 1 heterocycles. The van der Waals surface area contributed by atoms with Gasteiger partial charge in [0.2, 0.25) is 0 Å². The molecule has 1 N–H and O–H groups in total.